The van der Waals surface area contributed by atoms with Gasteiger partial charge in [0.1, 0.15) is 12.4 Å². The van der Waals surface area contributed by atoms with Gasteiger partial charge in [0.15, 0.2) is 0 Å². The van der Waals surface area contributed by atoms with E-state index in [0.29, 0.717) is 0 Å². The molecule has 0 amide bonds. The van der Waals surface area contributed by atoms with Crippen LogP contribution in [-0.2, 0) is 6.61 Å². The number of nitro benzene ring substituents is 1. The fraction of sp³-hybridized carbons (Fsp3) is 0.200. The standard InChI is InChI=1S/C13H10FNO3.C2H6/c14-12-8-11(6-7-13(12)15(16)17)18-9-10-4-2-1-3-5-10;1-2/h1-8H,9H2;1-2H3. The zero-order valence-electron chi connectivity index (χ0n) is 11.4. The van der Waals surface area contributed by atoms with Gasteiger partial charge in [0.25, 0.3) is 0 Å². The number of hydrogen-bond donors (Lipinski definition) is 0. The summed E-state index contributed by atoms with van der Waals surface area (Å²) in [5, 5.41) is 10.4. The van der Waals surface area contributed by atoms with E-state index >= 15 is 0 Å². The van der Waals surface area contributed by atoms with Crippen LogP contribution in [0.5, 0.6) is 5.75 Å². The van der Waals surface area contributed by atoms with Gasteiger partial charge in [0, 0.05) is 12.1 Å². The van der Waals surface area contributed by atoms with Gasteiger partial charge < -0.3 is 4.74 Å². The fourth-order valence-electron chi connectivity index (χ4n) is 1.47. The van der Waals surface area contributed by atoms with Gasteiger partial charge in [-0.05, 0) is 11.6 Å². The Morgan fingerprint density at radius 3 is 2.35 bits per heavy atom. The lowest BCUT2D eigenvalue weighted by Crippen LogP contribution is -1.97. The average Bonchev–Trinajstić information content (AvgIpc) is 2.48. The van der Waals surface area contributed by atoms with E-state index in [1.54, 1.807) is 0 Å². The average molecular weight is 277 g/mol. The van der Waals surface area contributed by atoms with Crippen molar-refractivity contribution >= 4 is 5.69 Å². The topological polar surface area (TPSA) is 52.4 Å². The Bertz CT molecular complexity index is 558. The Labute approximate surface area is 117 Å². The Kier molecular flexibility index (Phi) is 6.16. The normalized spacial score (nSPS) is 9.35. The summed E-state index contributed by atoms with van der Waals surface area (Å²) < 4.78 is 18.7. The van der Waals surface area contributed by atoms with Gasteiger partial charge in [0.05, 0.1) is 4.92 Å². The summed E-state index contributed by atoms with van der Waals surface area (Å²) in [4.78, 5) is 9.67. The van der Waals surface area contributed by atoms with Crippen molar-refractivity contribution in [3.8, 4) is 5.75 Å². The Morgan fingerprint density at radius 2 is 1.80 bits per heavy atom. The molecule has 0 unspecified atom stereocenters. The van der Waals surface area contributed by atoms with Crippen molar-refractivity contribution in [1.82, 2.24) is 0 Å². The molecule has 0 radical (unpaired) electrons. The molecule has 0 fully saturated rings. The summed E-state index contributed by atoms with van der Waals surface area (Å²) in [5.41, 5.74) is 0.387. The number of benzene rings is 2. The molecule has 2 rings (SSSR count). The molecule has 20 heavy (non-hydrogen) atoms. The van der Waals surface area contributed by atoms with E-state index in [1.807, 2.05) is 44.2 Å². The first kappa shape index (κ1) is 15.6. The fourth-order valence-corrected chi connectivity index (χ4v) is 1.47. The molecule has 0 aliphatic heterocycles. The van der Waals surface area contributed by atoms with Crippen LogP contribution >= 0.6 is 0 Å². The molecule has 5 heteroatoms. The maximum absolute atomic E-state index is 13.3. The van der Waals surface area contributed by atoms with E-state index in [9.17, 15) is 14.5 Å². The van der Waals surface area contributed by atoms with Gasteiger partial charge in [-0.15, -0.1) is 0 Å². The summed E-state index contributed by atoms with van der Waals surface area (Å²) in [5.74, 6) is -0.632. The second kappa shape index (κ2) is 7.89. The first-order valence-corrected chi connectivity index (χ1v) is 6.27. The van der Waals surface area contributed by atoms with Crippen molar-refractivity contribution in [1.29, 1.82) is 0 Å². The zero-order chi connectivity index (χ0) is 15.0. The predicted octanol–water partition coefficient (Wildman–Crippen LogP) is 4.34. The first-order valence-electron chi connectivity index (χ1n) is 6.27. The molecule has 2 aromatic rings. The molecular formula is C15H16FNO3. The van der Waals surface area contributed by atoms with E-state index in [4.69, 9.17) is 4.74 Å². The van der Waals surface area contributed by atoms with E-state index in [0.717, 1.165) is 17.7 Å². The zero-order valence-corrected chi connectivity index (χ0v) is 11.4. The van der Waals surface area contributed by atoms with Crippen LogP contribution in [0, 0.1) is 15.9 Å². The van der Waals surface area contributed by atoms with Crippen molar-refractivity contribution in [2.24, 2.45) is 0 Å². The lowest BCUT2D eigenvalue weighted by Gasteiger charge is -2.06. The van der Waals surface area contributed by atoms with Crippen LogP contribution in [0.15, 0.2) is 48.5 Å². The number of hydrogen-bond acceptors (Lipinski definition) is 3. The maximum Gasteiger partial charge on any atom is 0.305 e. The van der Waals surface area contributed by atoms with Crippen molar-refractivity contribution in [2.45, 2.75) is 20.5 Å². The third kappa shape index (κ3) is 4.35. The highest BCUT2D eigenvalue weighted by Gasteiger charge is 2.14. The molecule has 0 bridgehead atoms. The number of nitro groups is 1. The van der Waals surface area contributed by atoms with E-state index in [-0.39, 0.29) is 12.4 Å². The van der Waals surface area contributed by atoms with Crippen LogP contribution in [0.1, 0.15) is 19.4 Å². The van der Waals surface area contributed by atoms with Crippen molar-refractivity contribution in [3.63, 3.8) is 0 Å². The van der Waals surface area contributed by atoms with Crippen molar-refractivity contribution in [2.75, 3.05) is 0 Å². The smallest absolute Gasteiger partial charge is 0.305 e. The number of rotatable bonds is 4. The second-order valence-electron chi connectivity index (χ2n) is 3.64. The summed E-state index contributed by atoms with van der Waals surface area (Å²) in [6, 6.07) is 12.9. The van der Waals surface area contributed by atoms with Gasteiger partial charge >= 0.3 is 5.69 Å². The maximum atomic E-state index is 13.3. The second-order valence-corrected chi connectivity index (χ2v) is 3.64. The lowest BCUT2D eigenvalue weighted by atomic mass is 10.2. The summed E-state index contributed by atoms with van der Waals surface area (Å²) in [6.07, 6.45) is 0. The molecular weight excluding hydrogens is 261 g/mol. The summed E-state index contributed by atoms with van der Waals surface area (Å²) in [6.45, 7) is 4.29. The minimum Gasteiger partial charge on any atom is -0.489 e. The molecule has 0 saturated carbocycles. The minimum absolute atomic E-state index is 0.266. The van der Waals surface area contributed by atoms with Crippen LogP contribution in [0.4, 0.5) is 10.1 Å². The third-order valence-corrected chi connectivity index (χ3v) is 2.36. The van der Waals surface area contributed by atoms with Crippen molar-refractivity contribution in [3.05, 3.63) is 70.0 Å². The Hall–Kier alpha value is -2.43. The SMILES string of the molecule is CC.O=[N+]([O-])c1ccc(OCc2ccccc2)cc1F. The monoisotopic (exact) mass is 277 g/mol. The third-order valence-electron chi connectivity index (χ3n) is 2.36. The number of ether oxygens (including phenoxy) is 1. The lowest BCUT2D eigenvalue weighted by molar-refractivity contribution is -0.387. The van der Waals surface area contributed by atoms with Crippen molar-refractivity contribution < 1.29 is 14.1 Å². The molecule has 4 nitrogen and oxygen atoms in total. The van der Waals surface area contributed by atoms with Crippen LogP contribution in [0.25, 0.3) is 0 Å². The van der Waals surface area contributed by atoms with Gasteiger partial charge in [-0.1, -0.05) is 44.2 Å². The minimum atomic E-state index is -0.898. The molecule has 0 atom stereocenters. The first-order chi connectivity index (χ1) is 9.66. The quantitative estimate of drug-likeness (QED) is 0.617. The molecule has 0 aliphatic carbocycles. The largest absolute Gasteiger partial charge is 0.489 e. The van der Waals surface area contributed by atoms with Gasteiger partial charge in [-0.25, -0.2) is 0 Å². The van der Waals surface area contributed by atoms with Gasteiger partial charge in [-0.3, -0.25) is 10.1 Å². The predicted molar refractivity (Wildman–Crippen MR) is 75.2 cm³/mol. The van der Waals surface area contributed by atoms with Crippen LogP contribution in [0.2, 0.25) is 0 Å². The van der Waals surface area contributed by atoms with E-state index < -0.39 is 16.4 Å². The molecule has 0 heterocycles. The highest BCUT2D eigenvalue weighted by atomic mass is 19.1. The highest BCUT2D eigenvalue weighted by molar-refractivity contribution is 5.38. The molecule has 0 spiro atoms. The van der Waals surface area contributed by atoms with E-state index in [2.05, 4.69) is 0 Å². The van der Waals surface area contributed by atoms with Gasteiger partial charge in [0.2, 0.25) is 5.82 Å². The molecule has 0 N–H and O–H groups in total. The van der Waals surface area contributed by atoms with Crippen LogP contribution in [0.3, 0.4) is 0 Å². The van der Waals surface area contributed by atoms with Crippen LogP contribution in [-0.4, -0.2) is 4.92 Å². The Balaban J connectivity index is 0.000000956. The molecule has 106 valence electrons. The molecule has 0 saturated heterocycles. The number of halogens is 1. The highest BCUT2D eigenvalue weighted by Crippen LogP contribution is 2.22. The summed E-state index contributed by atoms with van der Waals surface area (Å²) >= 11 is 0. The summed E-state index contributed by atoms with van der Waals surface area (Å²) in [7, 11) is 0. The Morgan fingerprint density at radius 1 is 1.15 bits per heavy atom. The van der Waals surface area contributed by atoms with Crippen LogP contribution < -0.4 is 4.74 Å². The van der Waals surface area contributed by atoms with Gasteiger partial charge in [-0.2, -0.15) is 4.39 Å². The molecule has 0 aliphatic rings. The molecule has 0 aromatic heterocycles. The van der Waals surface area contributed by atoms with E-state index in [1.165, 1.54) is 6.07 Å². The molecule has 2 aromatic carbocycles. The number of nitrogens with zero attached hydrogens (tertiary/aromatic N) is 1.